The van der Waals surface area contributed by atoms with Crippen molar-refractivity contribution in [1.29, 1.82) is 5.26 Å². The quantitative estimate of drug-likeness (QED) is 0.743. The van der Waals surface area contributed by atoms with Gasteiger partial charge in [0.05, 0.1) is 16.7 Å². The second-order valence-electron chi connectivity index (χ2n) is 6.76. The monoisotopic (exact) mass is 299 g/mol. The second-order valence-corrected chi connectivity index (χ2v) is 8.99. The molecule has 0 aromatic heterocycles. The van der Waals surface area contributed by atoms with Crippen LogP contribution in [0.2, 0.25) is 0 Å². The van der Waals surface area contributed by atoms with Crippen molar-refractivity contribution in [3.63, 3.8) is 0 Å². The molecule has 0 aromatic carbocycles. The van der Waals surface area contributed by atoms with Gasteiger partial charge in [-0.25, -0.2) is 8.42 Å². The Bertz CT molecular complexity index is 489. The van der Waals surface area contributed by atoms with Gasteiger partial charge in [0.1, 0.15) is 0 Å². The first-order valence-corrected chi connectivity index (χ1v) is 9.27. The average Bonchev–Trinajstić information content (AvgIpc) is 3.06. The largest absolute Gasteiger partial charge is 0.301 e. The summed E-state index contributed by atoms with van der Waals surface area (Å²) in [6.45, 7) is 10.1. The first kappa shape index (κ1) is 15.7. The highest BCUT2D eigenvalue weighted by Crippen LogP contribution is 2.50. The van der Waals surface area contributed by atoms with Gasteiger partial charge in [-0.2, -0.15) is 5.26 Å². The summed E-state index contributed by atoms with van der Waals surface area (Å²) in [5.41, 5.74) is -0.645. The van der Waals surface area contributed by atoms with E-state index < -0.39 is 20.5 Å². The summed E-state index contributed by atoms with van der Waals surface area (Å²) in [7, 11) is -3.09. The van der Waals surface area contributed by atoms with Gasteiger partial charge in [0.25, 0.3) is 0 Å². The van der Waals surface area contributed by atoms with Crippen LogP contribution in [0, 0.1) is 22.7 Å². The number of sulfone groups is 1. The molecule has 114 valence electrons. The first-order chi connectivity index (χ1) is 9.27. The molecule has 0 N–H and O–H groups in total. The van der Waals surface area contributed by atoms with Gasteiger partial charge in [-0.3, -0.25) is 4.90 Å². The summed E-state index contributed by atoms with van der Waals surface area (Å²) in [6, 6.07) is 2.27. The Balaban J connectivity index is 1.86. The topological polar surface area (TPSA) is 64.4 Å². The molecular formula is C14H25N3O2S. The smallest absolute Gasteiger partial charge is 0.151 e. The molecule has 2 fully saturated rings. The minimum Gasteiger partial charge on any atom is -0.301 e. The standard InChI is InChI=1S/C14H25N3O2S/c1-12(2)9-16-4-6-17(7-5-16)11-14(10-15)8-13(14)20(3,18)19/h12-13H,4-9,11H2,1-3H3. The average molecular weight is 299 g/mol. The second kappa shape index (κ2) is 5.63. The fourth-order valence-electron chi connectivity index (χ4n) is 3.20. The van der Waals surface area contributed by atoms with Gasteiger partial charge in [0.2, 0.25) is 0 Å². The first-order valence-electron chi connectivity index (χ1n) is 7.32. The molecule has 0 amide bonds. The van der Waals surface area contributed by atoms with Crippen molar-refractivity contribution in [3.05, 3.63) is 0 Å². The van der Waals surface area contributed by atoms with Gasteiger partial charge in [0, 0.05) is 45.5 Å². The summed E-state index contributed by atoms with van der Waals surface area (Å²) < 4.78 is 23.2. The third-order valence-electron chi connectivity index (χ3n) is 4.34. The number of nitrogens with zero attached hydrogens (tertiary/aromatic N) is 3. The molecule has 0 radical (unpaired) electrons. The lowest BCUT2D eigenvalue weighted by atomic mass is 10.1. The van der Waals surface area contributed by atoms with Crippen LogP contribution in [0.25, 0.3) is 0 Å². The predicted octanol–water partition coefficient (Wildman–Crippen LogP) is 0.587. The fraction of sp³-hybridized carbons (Fsp3) is 0.929. The van der Waals surface area contributed by atoms with Crippen LogP contribution >= 0.6 is 0 Å². The van der Waals surface area contributed by atoms with Crippen LogP contribution in [0.1, 0.15) is 20.3 Å². The van der Waals surface area contributed by atoms with Crippen LogP contribution in [0.3, 0.4) is 0 Å². The summed E-state index contributed by atoms with van der Waals surface area (Å²) in [5, 5.41) is 8.89. The summed E-state index contributed by atoms with van der Waals surface area (Å²) in [6.07, 6.45) is 1.76. The molecule has 1 saturated heterocycles. The van der Waals surface area contributed by atoms with Gasteiger partial charge < -0.3 is 4.90 Å². The van der Waals surface area contributed by atoms with Crippen molar-refractivity contribution in [2.24, 2.45) is 11.3 Å². The maximum atomic E-state index is 11.6. The van der Waals surface area contributed by atoms with E-state index in [1.807, 2.05) is 0 Å². The number of piperazine rings is 1. The zero-order valence-corrected chi connectivity index (χ0v) is 13.5. The molecule has 0 bridgehead atoms. The zero-order chi connectivity index (χ0) is 15.0. The van der Waals surface area contributed by atoms with E-state index in [0.717, 1.165) is 32.7 Å². The van der Waals surface area contributed by atoms with Crippen molar-refractivity contribution in [2.75, 3.05) is 45.5 Å². The summed E-state index contributed by atoms with van der Waals surface area (Å²) >= 11 is 0. The van der Waals surface area contributed by atoms with E-state index in [1.165, 1.54) is 6.26 Å². The molecule has 1 saturated carbocycles. The number of rotatable bonds is 5. The fourth-order valence-corrected chi connectivity index (χ4v) is 4.74. The van der Waals surface area contributed by atoms with E-state index in [2.05, 4.69) is 29.7 Å². The molecular weight excluding hydrogens is 274 g/mol. The lowest BCUT2D eigenvalue weighted by Crippen LogP contribution is -2.49. The molecule has 2 atom stereocenters. The van der Waals surface area contributed by atoms with Crippen LogP contribution in [0.4, 0.5) is 0 Å². The SMILES string of the molecule is CC(C)CN1CCN(CC2(C#N)CC2S(C)(=O)=O)CC1. The van der Waals surface area contributed by atoms with Crippen molar-refractivity contribution in [1.82, 2.24) is 9.80 Å². The molecule has 2 aliphatic rings. The molecule has 2 unspecified atom stereocenters. The van der Waals surface area contributed by atoms with E-state index in [0.29, 0.717) is 18.9 Å². The Labute approximate surface area is 122 Å². The van der Waals surface area contributed by atoms with E-state index in [1.54, 1.807) is 0 Å². The van der Waals surface area contributed by atoms with Crippen molar-refractivity contribution >= 4 is 9.84 Å². The number of hydrogen-bond acceptors (Lipinski definition) is 5. The molecule has 5 nitrogen and oxygen atoms in total. The number of nitriles is 1. The Kier molecular flexibility index (Phi) is 4.43. The Morgan fingerprint density at radius 3 is 2.20 bits per heavy atom. The number of hydrogen-bond donors (Lipinski definition) is 0. The lowest BCUT2D eigenvalue weighted by molar-refractivity contribution is 0.112. The van der Waals surface area contributed by atoms with Crippen molar-refractivity contribution in [3.8, 4) is 6.07 Å². The van der Waals surface area contributed by atoms with Gasteiger partial charge in [0.15, 0.2) is 9.84 Å². The van der Waals surface area contributed by atoms with E-state index in [9.17, 15) is 13.7 Å². The maximum Gasteiger partial charge on any atom is 0.151 e. The highest BCUT2D eigenvalue weighted by Gasteiger charge is 2.61. The van der Waals surface area contributed by atoms with Crippen LogP contribution in [0.5, 0.6) is 0 Å². The maximum absolute atomic E-state index is 11.6. The van der Waals surface area contributed by atoms with Crippen LogP contribution in [-0.2, 0) is 9.84 Å². The van der Waals surface area contributed by atoms with Crippen molar-refractivity contribution < 1.29 is 8.42 Å². The molecule has 1 heterocycles. The van der Waals surface area contributed by atoms with Gasteiger partial charge in [-0.05, 0) is 12.3 Å². The zero-order valence-electron chi connectivity index (χ0n) is 12.7. The van der Waals surface area contributed by atoms with Crippen molar-refractivity contribution in [2.45, 2.75) is 25.5 Å². The third kappa shape index (κ3) is 3.51. The lowest BCUT2D eigenvalue weighted by Gasteiger charge is -2.36. The summed E-state index contributed by atoms with van der Waals surface area (Å²) in [5.74, 6) is 0.671. The minimum atomic E-state index is -3.09. The van der Waals surface area contributed by atoms with Gasteiger partial charge in [-0.1, -0.05) is 13.8 Å². The normalized spacial score (nSPS) is 32.2. The molecule has 0 aromatic rings. The van der Waals surface area contributed by atoms with E-state index in [4.69, 9.17) is 0 Å². The van der Waals surface area contributed by atoms with E-state index >= 15 is 0 Å². The Hall–Kier alpha value is -0.640. The van der Waals surface area contributed by atoms with Gasteiger partial charge >= 0.3 is 0 Å². The Morgan fingerprint density at radius 1 is 1.25 bits per heavy atom. The van der Waals surface area contributed by atoms with Crippen LogP contribution in [0.15, 0.2) is 0 Å². The molecule has 20 heavy (non-hydrogen) atoms. The molecule has 0 spiro atoms. The molecule has 1 aliphatic heterocycles. The Morgan fingerprint density at radius 2 is 1.80 bits per heavy atom. The van der Waals surface area contributed by atoms with Gasteiger partial charge in [-0.15, -0.1) is 0 Å². The molecule has 1 aliphatic carbocycles. The van der Waals surface area contributed by atoms with E-state index in [-0.39, 0.29) is 0 Å². The van der Waals surface area contributed by atoms with Crippen LogP contribution in [-0.4, -0.2) is 69.0 Å². The molecule has 6 heteroatoms. The third-order valence-corrected chi connectivity index (χ3v) is 5.99. The molecule has 2 rings (SSSR count). The van der Waals surface area contributed by atoms with Crippen LogP contribution < -0.4 is 0 Å². The minimum absolute atomic E-state index is 0.450. The predicted molar refractivity (Wildman–Crippen MR) is 79.0 cm³/mol. The summed E-state index contributed by atoms with van der Waals surface area (Å²) in [4.78, 5) is 4.70. The highest BCUT2D eigenvalue weighted by atomic mass is 32.2. The highest BCUT2D eigenvalue weighted by molar-refractivity contribution is 7.91.